The molecule has 6 heteroatoms. The van der Waals surface area contributed by atoms with E-state index in [4.69, 9.17) is 34.0 Å². The average molecular weight is 358 g/mol. The van der Waals surface area contributed by atoms with Gasteiger partial charge in [0.2, 0.25) is 5.55 Å². The fourth-order valence-electron chi connectivity index (χ4n) is 2.30. The van der Waals surface area contributed by atoms with E-state index >= 15 is 0 Å². The van der Waals surface area contributed by atoms with Crippen LogP contribution in [0.25, 0.3) is 11.0 Å². The molecule has 0 unspecified atom stereocenters. The first-order valence-electron chi connectivity index (χ1n) is 7.29. The van der Waals surface area contributed by atoms with Crippen molar-refractivity contribution in [2.45, 2.75) is 0 Å². The summed E-state index contributed by atoms with van der Waals surface area (Å²) in [5.74, 6) is 0. The van der Waals surface area contributed by atoms with Gasteiger partial charge < -0.3 is 15.1 Å². The van der Waals surface area contributed by atoms with Crippen LogP contribution >= 0.6 is 23.8 Å². The summed E-state index contributed by atoms with van der Waals surface area (Å²) >= 11 is 11.2. The van der Waals surface area contributed by atoms with E-state index in [0.29, 0.717) is 21.7 Å². The molecule has 4 nitrogen and oxygen atoms in total. The Morgan fingerprint density at radius 3 is 2.46 bits per heavy atom. The molecule has 3 rings (SSSR count). The third-order valence-corrected chi connectivity index (χ3v) is 4.03. The molecule has 0 spiro atoms. The summed E-state index contributed by atoms with van der Waals surface area (Å²) in [5.41, 5.74) is 9.32. The lowest BCUT2D eigenvalue weighted by Gasteiger charge is -2.11. The molecule has 0 aliphatic carbocycles. The highest BCUT2D eigenvalue weighted by Gasteiger charge is 2.07. The quantitative estimate of drug-likeness (QED) is 0.719. The summed E-state index contributed by atoms with van der Waals surface area (Å²) in [4.78, 5) is 6.80. The van der Waals surface area contributed by atoms with Gasteiger partial charge in [-0.25, -0.2) is 4.99 Å². The number of halogens is 1. The van der Waals surface area contributed by atoms with E-state index in [1.54, 1.807) is 18.2 Å². The molecular weight excluding hydrogens is 342 g/mol. The van der Waals surface area contributed by atoms with Crippen LogP contribution in [0.2, 0.25) is 5.02 Å². The molecule has 2 aromatic carbocycles. The highest BCUT2D eigenvalue weighted by atomic mass is 35.5. The molecule has 1 heterocycles. The molecule has 24 heavy (non-hydrogen) atoms. The maximum absolute atomic E-state index is 6.03. The van der Waals surface area contributed by atoms with Gasteiger partial charge in [-0.1, -0.05) is 23.8 Å². The number of anilines is 1. The van der Waals surface area contributed by atoms with Gasteiger partial charge in [0, 0.05) is 30.2 Å². The van der Waals surface area contributed by atoms with Crippen LogP contribution in [-0.2, 0) is 0 Å². The second-order valence-electron chi connectivity index (χ2n) is 5.53. The second-order valence-corrected chi connectivity index (χ2v) is 6.41. The lowest BCUT2D eigenvalue weighted by molar-refractivity contribution is 0.543. The number of hydrogen-bond donors (Lipinski definition) is 1. The van der Waals surface area contributed by atoms with Gasteiger partial charge in [-0.3, -0.25) is 0 Å². The summed E-state index contributed by atoms with van der Waals surface area (Å²) in [7, 11) is 3.97. The van der Waals surface area contributed by atoms with Crippen molar-refractivity contribution in [3.63, 3.8) is 0 Å². The number of rotatable bonds is 3. The summed E-state index contributed by atoms with van der Waals surface area (Å²) in [6.45, 7) is 0. The van der Waals surface area contributed by atoms with Crippen LogP contribution in [0.5, 0.6) is 0 Å². The predicted molar refractivity (Wildman–Crippen MR) is 103 cm³/mol. The molecule has 0 saturated heterocycles. The molecule has 3 aromatic rings. The number of thiocarbonyl (C=S) groups is 1. The van der Waals surface area contributed by atoms with E-state index < -0.39 is 0 Å². The second kappa shape index (κ2) is 6.63. The largest absolute Gasteiger partial charge is 0.438 e. The first-order valence-corrected chi connectivity index (χ1v) is 8.08. The molecular formula is C18H16ClN3OS. The third kappa shape index (κ3) is 3.42. The monoisotopic (exact) mass is 357 g/mol. The molecule has 2 N–H and O–H groups in total. The number of fused-ring (bicyclic) bond motifs is 1. The molecule has 0 aliphatic heterocycles. The Kier molecular flexibility index (Phi) is 4.55. The van der Waals surface area contributed by atoms with Crippen LogP contribution in [0.3, 0.4) is 0 Å². The first-order chi connectivity index (χ1) is 11.4. The molecule has 0 radical (unpaired) electrons. The predicted octanol–water partition coefficient (Wildman–Crippen LogP) is 4.02. The van der Waals surface area contributed by atoms with Gasteiger partial charge in [0.1, 0.15) is 10.6 Å². The van der Waals surface area contributed by atoms with Crippen molar-refractivity contribution in [2.24, 2.45) is 10.7 Å². The maximum Gasteiger partial charge on any atom is 0.230 e. The molecule has 0 atom stereocenters. The minimum absolute atomic E-state index is 0.226. The molecule has 0 bridgehead atoms. The summed E-state index contributed by atoms with van der Waals surface area (Å²) in [6, 6.07) is 15.0. The Balaban J connectivity index is 2.17. The van der Waals surface area contributed by atoms with Crippen molar-refractivity contribution in [3.05, 3.63) is 64.7 Å². The van der Waals surface area contributed by atoms with Crippen LogP contribution in [0, 0.1) is 0 Å². The molecule has 1 aromatic heterocycles. The Morgan fingerprint density at radius 1 is 1.12 bits per heavy atom. The van der Waals surface area contributed by atoms with E-state index in [0.717, 1.165) is 16.8 Å². The highest BCUT2D eigenvalue weighted by Crippen LogP contribution is 2.21. The highest BCUT2D eigenvalue weighted by molar-refractivity contribution is 7.80. The van der Waals surface area contributed by atoms with E-state index in [1.807, 2.05) is 49.3 Å². The van der Waals surface area contributed by atoms with Crippen LogP contribution in [-0.4, -0.2) is 19.1 Å². The van der Waals surface area contributed by atoms with Crippen LogP contribution < -0.4 is 16.2 Å². The molecule has 0 fully saturated rings. The molecule has 0 saturated carbocycles. The number of nitrogens with zero attached hydrogens (tertiary/aromatic N) is 2. The SMILES string of the molecule is CN(C)c1ccc(/N=c2\oc3ccc(Cl)cc3cc2C(N)=S)cc1. The van der Waals surface area contributed by atoms with Crippen LogP contribution in [0.4, 0.5) is 11.4 Å². The zero-order valence-electron chi connectivity index (χ0n) is 13.3. The lowest BCUT2D eigenvalue weighted by atomic mass is 10.2. The van der Waals surface area contributed by atoms with Crippen molar-refractivity contribution < 1.29 is 4.42 Å². The summed E-state index contributed by atoms with van der Waals surface area (Å²) in [6.07, 6.45) is 0. The van der Waals surface area contributed by atoms with Crippen molar-refractivity contribution >= 4 is 51.2 Å². The fraction of sp³-hybridized carbons (Fsp3) is 0.111. The van der Waals surface area contributed by atoms with Gasteiger partial charge in [-0.2, -0.15) is 0 Å². The van der Waals surface area contributed by atoms with Gasteiger partial charge in [0.05, 0.1) is 11.3 Å². The fourth-order valence-corrected chi connectivity index (χ4v) is 2.63. The topological polar surface area (TPSA) is 54.8 Å². The standard InChI is InChI=1S/C18H16ClN3OS/c1-22(2)14-6-4-13(5-7-14)21-18-15(17(20)24)10-11-9-12(19)3-8-16(11)23-18/h3-10H,1-2H3,(H2,20,24)/b21-18-. The van der Waals surface area contributed by atoms with E-state index in [9.17, 15) is 0 Å². The van der Waals surface area contributed by atoms with Gasteiger partial charge >= 0.3 is 0 Å². The van der Waals surface area contributed by atoms with Crippen molar-refractivity contribution in [1.82, 2.24) is 0 Å². The van der Waals surface area contributed by atoms with Gasteiger partial charge in [-0.15, -0.1) is 0 Å². The van der Waals surface area contributed by atoms with Crippen molar-refractivity contribution in [2.75, 3.05) is 19.0 Å². The Morgan fingerprint density at radius 2 is 1.83 bits per heavy atom. The van der Waals surface area contributed by atoms with Crippen molar-refractivity contribution in [1.29, 1.82) is 0 Å². The minimum Gasteiger partial charge on any atom is -0.438 e. The number of hydrogen-bond acceptors (Lipinski definition) is 4. The van der Waals surface area contributed by atoms with E-state index in [2.05, 4.69) is 4.99 Å². The van der Waals surface area contributed by atoms with Crippen LogP contribution in [0.1, 0.15) is 5.56 Å². The molecule has 122 valence electrons. The molecule has 0 aliphatic rings. The normalized spacial score (nSPS) is 11.7. The van der Waals surface area contributed by atoms with Crippen LogP contribution in [0.15, 0.2) is 57.9 Å². The smallest absolute Gasteiger partial charge is 0.230 e. The summed E-state index contributed by atoms with van der Waals surface area (Å²) in [5, 5.41) is 1.45. The zero-order chi connectivity index (χ0) is 17.3. The minimum atomic E-state index is 0.226. The first kappa shape index (κ1) is 16.5. The van der Waals surface area contributed by atoms with Gasteiger partial charge in [0.25, 0.3) is 0 Å². The molecule has 0 amide bonds. The Hall–Kier alpha value is -2.37. The number of nitrogens with two attached hydrogens (primary N) is 1. The zero-order valence-corrected chi connectivity index (χ0v) is 14.9. The average Bonchev–Trinajstić information content (AvgIpc) is 2.54. The lowest BCUT2D eigenvalue weighted by Crippen LogP contribution is -2.20. The van der Waals surface area contributed by atoms with Gasteiger partial charge in [-0.05, 0) is 48.5 Å². The summed E-state index contributed by atoms with van der Waals surface area (Å²) < 4.78 is 5.89. The number of benzene rings is 2. The third-order valence-electron chi connectivity index (χ3n) is 3.57. The maximum atomic E-state index is 6.03. The van der Waals surface area contributed by atoms with E-state index in [1.165, 1.54) is 0 Å². The van der Waals surface area contributed by atoms with Gasteiger partial charge in [0.15, 0.2) is 0 Å². The Bertz CT molecular complexity index is 978. The van der Waals surface area contributed by atoms with Crippen molar-refractivity contribution in [3.8, 4) is 0 Å². The Labute approximate surface area is 150 Å². The van der Waals surface area contributed by atoms with E-state index in [-0.39, 0.29) is 4.99 Å².